The minimum Gasteiger partial charge on any atom is -0.458 e. The Bertz CT molecular complexity index is 645. The predicted octanol–water partition coefficient (Wildman–Crippen LogP) is 3.29. The quantitative estimate of drug-likeness (QED) is 0.617. The lowest BCUT2D eigenvalue weighted by molar-refractivity contribution is -0.161. The molecule has 0 aliphatic heterocycles. The number of carbonyl (C=O) groups excluding carboxylic acids is 2. The molecule has 1 aliphatic rings. The van der Waals surface area contributed by atoms with Crippen molar-refractivity contribution in [1.29, 1.82) is 0 Å². The molecule has 0 bridgehead atoms. The van der Waals surface area contributed by atoms with Crippen molar-refractivity contribution in [2.45, 2.75) is 59.2 Å². The highest BCUT2D eigenvalue weighted by Gasteiger charge is 2.27. The van der Waals surface area contributed by atoms with Gasteiger partial charge < -0.3 is 9.47 Å². The summed E-state index contributed by atoms with van der Waals surface area (Å²) in [7, 11) is 0. The second-order valence-electron chi connectivity index (χ2n) is 6.14. The third kappa shape index (κ3) is 4.70. The van der Waals surface area contributed by atoms with Gasteiger partial charge in [-0.15, -0.1) is 0 Å². The first kappa shape index (κ1) is 18.2. The van der Waals surface area contributed by atoms with E-state index in [2.05, 4.69) is 25.5 Å². The zero-order valence-corrected chi connectivity index (χ0v) is 14.7. The van der Waals surface area contributed by atoms with Gasteiger partial charge in [0.25, 0.3) is 0 Å². The highest BCUT2D eigenvalue weighted by molar-refractivity contribution is 5.67. The Balaban J connectivity index is 2.45. The normalized spacial score (nSPS) is 22.2. The minimum absolute atomic E-state index is 0.382. The maximum absolute atomic E-state index is 11.6. The molecule has 0 saturated heterocycles. The molecule has 2 atom stereocenters. The highest BCUT2D eigenvalue weighted by Crippen LogP contribution is 2.26. The van der Waals surface area contributed by atoms with E-state index in [1.54, 1.807) is 6.08 Å². The summed E-state index contributed by atoms with van der Waals surface area (Å²) in [5.74, 6) is -0.777. The molecular weight excluding hydrogens is 304 g/mol. The molecule has 0 N–H and O–H groups in total. The molecular formula is C20H24O4. The van der Waals surface area contributed by atoms with Crippen LogP contribution in [0.5, 0.6) is 0 Å². The third-order valence-corrected chi connectivity index (χ3v) is 4.18. The van der Waals surface area contributed by atoms with Crippen LogP contribution in [0.15, 0.2) is 24.3 Å². The van der Waals surface area contributed by atoms with Crippen molar-refractivity contribution in [3.8, 4) is 0 Å². The Morgan fingerprint density at radius 2 is 1.67 bits per heavy atom. The zero-order chi connectivity index (χ0) is 17.7. The van der Waals surface area contributed by atoms with Gasteiger partial charge in [-0.25, -0.2) is 0 Å². The van der Waals surface area contributed by atoms with Gasteiger partial charge in [0.2, 0.25) is 0 Å². The van der Waals surface area contributed by atoms with Crippen molar-refractivity contribution >= 4 is 11.9 Å². The molecule has 4 nitrogen and oxygen atoms in total. The molecule has 0 fully saturated rings. The summed E-state index contributed by atoms with van der Waals surface area (Å²) in [5, 5.41) is 0. The van der Waals surface area contributed by atoms with Crippen LogP contribution in [0, 0.1) is 20.3 Å². The topological polar surface area (TPSA) is 52.6 Å². The summed E-state index contributed by atoms with van der Waals surface area (Å²) in [4.78, 5) is 23.0. The summed E-state index contributed by atoms with van der Waals surface area (Å²) in [6.45, 7) is 6.86. The van der Waals surface area contributed by atoms with Crippen LogP contribution in [-0.2, 0) is 31.9 Å². The van der Waals surface area contributed by atoms with E-state index in [-0.39, 0.29) is 5.97 Å². The predicted molar refractivity (Wildman–Crippen MR) is 91.4 cm³/mol. The summed E-state index contributed by atoms with van der Waals surface area (Å²) < 4.78 is 10.9. The lowest BCUT2D eigenvalue weighted by atomic mass is 9.88. The van der Waals surface area contributed by atoms with E-state index >= 15 is 0 Å². The van der Waals surface area contributed by atoms with Gasteiger partial charge in [-0.05, 0) is 61.4 Å². The van der Waals surface area contributed by atoms with Gasteiger partial charge in [0, 0.05) is 20.3 Å². The first-order chi connectivity index (χ1) is 11.4. The van der Waals surface area contributed by atoms with Crippen molar-refractivity contribution in [3.63, 3.8) is 0 Å². The van der Waals surface area contributed by atoms with Gasteiger partial charge >= 0.3 is 11.9 Å². The molecule has 0 saturated carbocycles. The standard InChI is InChI=1S/C20H24O4/c1-13-10-11-14(2)18-12-20(24-16(4)22)19(23-15(3)21)9-7-5-6-8-17(13)18/h7,9-11,19-20H,5,8,12H2,1-4H3/b9-7-. The fraction of sp³-hybridized carbons (Fsp3) is 0.450. The lowest BCUT2D eigenvalue weighted by Crippen LogP contribution is -2.35. The number of benzene rings is 1. The fourth-order valence-corrected chi connectivity index (χ4v) is 3.01. The van der Waals surface area contributed by atoms with E-state index < -0.39 is 18.2 Å². The summed E-state index contributed by atoms with van der Waals surface area (Å²) in [5.41, 5.74) is 4.68. The smallest absolute Gasteiger partial charge is 0.303 e. The number of hydrogen-bond acceptors (Lipinski definition) is 4. The molecule has 4 heteroatoms. The second-order valence-corrected chi connectivity index (χ2v) is 6.14. The van der Waals surface area contributed by atoms with Crippen molar-refractivity contribution in [2.75, 3.05) is 0 Å². The Morgan fingerprint density at radius 1 is 1.04 bits per heavy atom. The molecule has 24 heavy (non-hydrogen) atoms. The van der Waals surface area contributed by atoms with Crippen LogP contribution in [0.25, 0.3) is 0 Å². The first-order valence-electron chi connectivity index (χ1n) is 8.18. The average Bonchev–Trinajstić information content (AvgIpc) is 2.50. The number of fused-ring (bicyclic) bond motifs is 1. The molecule has 0 spiro atoms. The number of carbonyl (C=O) groups is 2. The molecule has 2 rings (SSSR count). The lowest BCUT2D eigenvalue weighted by Gasteiger charge is -2.27. The van der Waals surface area contributed by atoms with Gasteiger partial charge in [-0.3, -0.25) is 9.59 Å². The van der Waals surface area contributed by atoms with Crippen LogP contribution in [0.3, 0.4) is 0 Å². The number of ether oxygens (including phenoxy) is 2. The molecule has 128 valence electrons. The molecule has 1 aliphatic carbocycles. The van der Waals surface area contributed by atoms with Gasteiger partial charge in [0.15, 0.2) is 6.10 Å². The average molecular weight is 328 g/mol. The van der Waals surface area contributed by atoms with E-state index in [1.807, 2.05) is 13.0 Å². The molecule has 1 aromatic carbocycles. The monoisotopic (exact) mass is 328 g/mol. The SMILES string of the molecule is CC(=O)OC1/C=C\C[C]Cc2c(C)ccc(C)c2CC1OC(C)=O. The van der Waals surface area contributed by atoms with Gasteiger partial charge in [-0.2, -0.15) is 0 Å². The van der Waals surface area contributed by atoms with Crippen molar-refractivity contribution < 1.29 is 19.1 Å². The number of aryl methyl sites for hydroxylation is 2. The largest absolute Gasteiger partial charge is 0.458 e. The Hall–Kier alpha value is -2.10. The number of esters is 2. The van der Waals surface area contributed by atoms with Crippen molar-refractivity contribution in [3.05, 3.63) is 53.0 Å². The van der Waals surface area contributed by atoms with E-state index in [1.165, 1.54) is 25.0 Å². The Labute approximate surface area is 143 Å². The van der Waals surface area contributed by atoms with Gasteiger partial charge in [0.05, 0.1) is 0 Å². The molecule has 1 aromatic rings. The highest BCUT2D eigenvalue weighted by atomic mass is 16.6. The number of rotatable bonds is 2. The zero-order valence-electron chi connectivity index (χ0n) is 14.7. The summed E-state index contributed by atoms with van der Waals surface area (Å²) in [6, 6.07) is 4.17. The number of allylic oxidation sites excluding steroid dienone is 1. The molecule has 0 aromatic heterocycles. The van der Waals surface area contributed by atoms with E-state index in [0.29, 0.717) is 12.8 Å². The minimum atomic E-state index is -0.598. The Morgan fingerprint density at radius 3 is 2.29 bits per heavy atom. The van der Waals surface area contributed by atoms with E-state index in [9.17, 15) is 9.59 Å². The number of hydrogen-bond donors (Lipinski definition) is 0. The van der Waals surface area contributed by atoms with Gasteiger partial charge in [-0.1, -0.05) is 18.2 Å². The molecule has 0 heterocycles. The maximum atomic E-state index is 11.6. The first-order valence-corrected chi connectivity index (χ1v) is 8.18. The maximum Gasteiger partial charge on any atom is 0.303 e. The van der Waals surface area contributed by atoms with Crippen LogP contribution in [0.4, 0.5) is 0 Å². The molecule has 0 amide bonds. The second kappa shape index (κ2) is 8.13. The van der Waals surface area contributed by atoms with Gasteiger partial charge in [0.1, 0.15) is 6.10 Å². The van der Waals surface area contributed by atoms with Crippen LogP contribution in [0.2, 0.25) is 0 Å². The van der Waals surface area contributed by atoms with E-state index in [4.69, 9.17) is 9.47 Å². The van der Waals surface area contributed by atoms with Crippen LogP contribution in [-0.4, -0.2) is 24.1 Å². The molecule has 2 radical (unpaired) electrons. The van der Waals surface area contributed by atoms with Crippen LogP contribution in [0.1, 0.15) is 42.5 Å². The van der Waals surface area contributed by atoms with Crippen molar-refractivity contribution in [1.82, 2.24) is 0 Å². The summed E-state index contributed by atoms with van der Waals surface area (Å²) >= 11 is 0. The van der Waals surface area contributed by atoms with Crippen LogP contribution >= 0.6 is 0 Å². The van der Waals surface area contributed by atoms with Crippen LogP contribution < -0.4 is 0 Å². The van der Waals surface area contributed by atoms with Crippen molar-refractivity contribution in [2.24, 2.45) is 0 Å². The molecule has 2 unspecified atom stereocenters. The third-order valence-electron chi connectivity index (χ3n) is 4.18. The fourth-order valence-electron chi connectivity index (χ4n) is 3.01. The summed E-state index contributed by atoms with van der Waals surface area (Å²) in [6.07, 6.45) is 7.83. The Kier molecular flexibility index (Phi) is 6.18. The van der Waals surface area contributed by atoms with E-state index in [0.717, 1.165) is 17.5 Å².